The second-order valence-corrected chi connectivity index (χ2v) is 3.89. The van der Waals surface area contributed by atoms with Gasteiger partial charge in [-0.2, -0.15) is 15.3 Å². The van der Waals surface area contributed by atoms with E-state index >= 15 is 0 Å². The molecule has 0 aromatic carbocycles. The van der Waals surface area contributed by atoms with Gasteiger partial charge < -0.3 is 10.0 Å². The minimum Gasteiger partial charge on any atom is -0.369 e. The Kier molecular flexibility index (Phi) is 3.06. The number of aliphatic hydroxyl groups excluding tert-OH is 1. The number of anilines is 1. The lowest BCUT2D eigenvalue weighted by molar-refractivity contribution is 0.177. The normalized spacial score (nSPS) is 12.5. The predicted octanol–water partition coefficient (Wildman–Crippen LogP) is 0.646. The molecule has 0 radical (unpaired) electrons. The zero-order valence-electron chi connectivity index (χ0n) is 10.1. The quantitative estimate of drug-likeness (QED) is 0.788. The lowest BCUT2D eigenvalue weighted by Gasteiger charge is -2.24. The zero-order valence-corrected chi connectivity index (χ0v) is 10.1. The van der Waals surface area contributed by atoms with Crippen molar-refractivity contribution in [3.63, 3.8) is 0 Å². The van der Waals surface area contributed by atoms with Gasteiger partial charge in [0.1, 0.15) is 0 Å². The van der Waals surface area contributed by atoms with Gasteiger partial charge in [-0.1, -0.05) is 0 Å². The molecule has 6 nitrogen and oxygen atoms in total. The maximum absolute atomic E-state index is 10.3. The summed E-state index contributed by atoms with van der Waals surface area (Å²) in [7, 11) is 3.65. The summed E-state index contributed by atoms with van der Waals surface area (Å²) >= 11 is 0. The van der Waals surface area contributed by atoms with Gasteiger partial charge in [0.05, 0.1) is 24.3 Å². The van der Waals surface area contributed by atoms with E-state index in [1.54, 1.807) is 41.3 Å². The van der Waals surface area contributed by atoms with Crippen LogP contribution in [0.1, 0.15) is 17.5 Å². The van der Waals surface area contributed by atoms with E-state index in [-0.39, 0.29) is 0 Å². The Morgan fingerprint density at radius 3 is 2.65 bits per heavy atom. The van der Waals surface area contributed by atoms with Crippen molar-refractivity contribution >= 4 is 5.69 Å². The second kappa shape index (κ2) is 4.50. The molecule has 2 heterocycles. The number of nitrogens with zero attached hydrogens (tertiary/aromatic N) is 5. The lowest BCUT2D eigenvalue weighted by atomic mass is 10.2. The fraction of sp³-hybridized carbons (Fsp3) is 0.364. The van der Waals surface area contributed by atoms with E-state index in [2.05, 4.69) is 15.3 Å². The van der Waals surface area contributed by atoms with Gasteiger partial charge in [0.2, 0.25) is 0 Å². The molecule has 90 valence electrons. The van der Waals surface area contributed by atoms with Crippen molar-refractivity contribution in [3.05, 3.63) is 35.9 Å². The topological polar surface area (TPSA) is 67.1 Å². The summed E-state index contributed by atoms with van der Waals surface area (Å²) in [6.45, 7) is 1.92. The summed E-state index contributed by atoms with van der Waals surface area (Å²) in [6, 6.07) is 1.79. The number of aromatic nitrogens is 4. The van der Waals surface area contributed by atoms with E-state index < -0.39 is 6.23 Å². The fourth-order valence-corrected chi connectivity index (χ4v) is 1.61. The van der Waals surface area contributed by atoms with Crippen molar-refractivity contribution in [1.29, 1.82) is 0 Å². The van der Waals surface area contributed by atoms with Crippen LogP contribution in [0.2, 0.25) is 0 Å². The number of hydrogen-bond donors (Lipinski definition) is 1. The molecule has 2 aromatic heterocycles. The molecule has 6 heteroatoms. The van der Waals surface area contributed by atoms with Gasteiger partial charge in [0, 0.05) is 25.4 Å². The molecule has 0 fully saturated rings. The standard InChI is InChI=1S/C11H15N5O/c1-8-10(7-14-16(8)3)11(17)15(2)9-4-5-12-13-6-9/h4-7,11,17H,1-3H3. The minimum absolute atomic E-state index is 0.743. The smallest absolute Gasteiger partial charge is 0.156 e. The molecular weight excluding hydrogens is 218 g/mol. The molecular formula is C11H15N5O. The number of rotatable bonds is 3. The molecule has 0 aliphatic heterocycles. The van der Waals surface area contributed by atoms with Crippen molar-refractivity contribution in [3.8, 4) is 0 Å². The monoisotopic (exact) mass is 233 g/mol. The third kappa shape index (κ3) is 2.12. The highest BCUT2D eigenvalue weighted by molar-refractivity contribution is 5.44. The van der Waals surface area contributed by atoms with Crippen LogP contribution in [0.15, 0.2) is 24.7 Å². The summed E-state index contributed by atoms with van der Waals surface area (Å²) in [5.74, 6) is 0. The van der Waals surface area contributed by atoms with Gasteiger partial charge in [-0.15, -0.1) is 0 Å². The van der Waals surface area contributed by atoms with Crippen LogP contribution in [0.3, 0.4) is 0 Å². The molecule has 0 spiro atoms. The van der Waals surface area contributed by atoms with Crippen LogP contribution >= 0.6 is 0 Å². The Morgan fingerprint density at radius 1 is 1.35 bits per heavy atom. The summed E-state index contributed by atoms with van der Waals surface area (Å²) < 4.78 is 1.73. The molecule has 1 atom stereocenters. The Hall–Kier alpha value is -1.95. The van der Waals surface area contributed by atoms with E-state index in [1.807, 2.05) is 14.0 Å². The van der Waals surface area contributed by atoms with Crippen molar-refractivity contribution in [2.24, 2.45) is 7.05 Å². The molecule has 0 saturated carbocycles. The van der Waals surface area contributed by atoms with Crippen LogP contribution < -0.4 is 4.90 Å². The van der Waals surface area contributed by atoms with Crippen LogP contribution in [0.5, 0.6) is 0 Å². The molecule has 0 amide bonds. The Morgan fingerprint density at radius 2 is 2.12 bits per heavy atom. The van der Waals surface area contributed by atoms with E-state index in [1.165, 1.54) is 0 Å². The Bertz CT molecular complexity index is 496. The van der Waals surface area contributed by atoms with Gasteiger partial charge in [0.15, 0.2) is 6.23 Å². The van der Waals surface area contributed by atoms with Crippen LogP contribution in [0, 0.1) is 6.92 Å². The van der Waals surface area contributed by atoms with E-state index in [9.17, 15) is 5.11 Å². The predicted molar refractivity (Wildman–Crippen MR) is 63.3 cm³/mol. The summed E-state index contributed by atoms with van der Waals surface area (Å²) in [6.07, 6.45) is 4.13. The second-order valence-electron chi connectivity index (χ2n) is 3.89. The summed E-state index contributed by atoms with van der Waals surface area (Å²) in [5, 5.41) is 21.9. The number of aryl methyl sites for hydroxylation is 1. The summed E-state index contributed by atoms with van der Waals surface area (Å²) in [4.78, 5) is 1.72. The highest BCUT2D eigenvalue weighted by Crippen LogP contribution is 2.24. The van der Waals surface area contributed by atoms with E-state index in [0.717, 1.165) is 16.9 Å². The van der Waals surface area contributed by atoms with Gasteiger partial charge in [0.25, 0.3) is 0 Å². The number of aliphatic hydroxyl groups is 1. The molecule has 2 rings (SSSR count). The SMILES string of the molecule is Cc1c(C(O)N(C)c2ccnnc2)cnn1C. The molecule has 2 aromatic rings. The average Bonchev–Trinajstić information content (AvgIpc) is 2.69. The van der Waals surface area contributed by atoms with Crippen LogP contribution in [-0.2, 0) is 7.05 Å². The number of hydrogen-bond acceptors (Lipinski definition) is 5. The molecule has 1 unspecified atom stereocenters. The van der Waals surface area contributed by atoms with Gasteiger partial charge in [-0.3, -0.25) is 4.68 Å². The van der Waals surface area contributed by atoms with Crippen LogP contribution in [0.25, 0.3) is 0 Å². The molecule has 0 saturated heterocycles. The van der Waals surface area contributed by atoms with Crippen molar-refractivity contribution in [2.75, 3.05) is 11.9 Å². The first-order chi connectivity index (χ1) is 8.11. The summed E-state index contributed by atoms with van der Waals surface area (Å²) in [5.41, 5.74) is 2.52. The lowest BCUT2D eigenvalue weighted by Crippen LogP contribution is -2.24. The highest BCUT2D eigenvalue weighted by atomic mass is 16.3. The van der Waals surface area contributed by atoms with E-state index in [4.69, 9.17) is 0 Å². The third-order valence-electron chi connectivity index (χ3n) is 2.89. The largest absolute Gasteiger partial charge is 0.369 e. The molecule has 1 N–H and O–H groups in total. The average molecular weight is 233 g/mol. The highest BCUT2D eigenvalue weighted by Gasteiger charge is 2.18. The fourth-order valence-electron chi connectivity index (χ4n) is 1.61. The zero-order chi connectivity index (χ0) is 12.4. The maximum atomic E-state index is 10.3. The van der Waals surface area contributed by atoms with E-state index in [0.29, 0.717) is 0 Å². The maximum Gasteiger partial charge on any atom is 0.156 e. The molecule has 17 heavy (non-hydrogen) atoms. The third-order valence-corrected chi connectivity index (χ3v) is 2.89. The van der Waals surface area contributed by atoms with Crippen molar-refractivity contribution in [1.82, 2.24) is 20.0 Å². The first-order valence-corrected chi connectivity index (χ1v) is 5.27. The minimum atomic E-state index is -0.743. The first-order valence-electron chi connectivity index (χ1n) is 5.27. The van der Waals surface area contributed by atoms with Crippen molar-refractivity contribution in [2.45, 2.75) is 13.2 Å². The van der Waals surface area contributed by atoms with Crippen LogP contribution in [-0.4, -0.2) is 32.1 Å². The van der Waals surface area contributed by atoms with Crippen molar-refractivity contribution < 1.29 is 5.11 Å². The van der Waals surface area contributed by atoms with Crippen LogP contribution in [0.4, 0.5) is 5.69 Å². The molecule has 0 aliphatic rings. The van der Waals surface area contributed by atoms with Gasteiger partial charge in [-0.05, 0) is 13.0 Å². The molecule has 0 aliphatic carbocycles. The Labute approximate surface area is 99.5 Å². The molecule has 0 bridgehead atoms. The van der Waals surface area contributed by atoms with Gasteiger partial charge in [-0.25, -0.2) is 0 Å². The Balaban J connectivity index is 2.26. The first kappa shape index (κ1) is 11.5. The van der Waals surface area contributed by atoms with Gasteiger partial charge >= 0.3 is 0 Å².